The predicted molar refractivity (Wildman–Crippen MR) is 131 cm³/mol. The van der Waals surface area contributed by atoms with Crippen LogP contribution in [0.2, 0.25) is 0 Å². The molecule has 0 radical (unpaired) electrons. The van der Waals surface area contributed by atoms with Crippen LogP contribution in [0.4, 0.5) is 8.78 Å². The van der Waals surface area contributed by atoms with Gasteiger partial charge in [0.05, 0.1) is 11.5 Å². The maximum absolute atomic E-state index is 12.7. The third kappa shape index (κ3) is 6.10. The Hall–Kier alpha value is -4.05. The van der Waals surface area contributed by atoms with Crippen molar-refractivity contribution in [1.29, 1.82) is 0 Å². The molecule has 1 N–H and O–H groups in total. The molecule has 0 atom stereocenters. The Morgan fingerprint density at radius 3 is 2.37 bits per heavy atom. The van der Waals surface area contributed by atoms with Crippen molar-refractivity contribution in [1.82, 2.24) is 20.2 Å². The number of thioether (sulfide) groups is 1. The highest BCUT2D eigenvalue weighted by atomic mass is 32.2. The largest absolute Gasteiger partial charge is 0.434 e. The van der Waals surface area contributed by atoms with E-state index in [0.29, 0.717) is 22.3 Å². The van der Waals surface area contributed by atoms with Crippen molar-refractivity contribution in [2.75, 3.05) is 5.75 Å². The van der Waals surface area contributed by atoms with Gasteiger partial charge in [0.15, 0.2) is 11.0 Å². The molecule has 7 nitrogen and oxygen atoms in total. The highest BCUT2D eigenvalue weighted by molar-refractivity contribution is 7.99. The molecule has 1 aromatic heterocycles. The molecule has 1 heterocycles. The molecular weight excluding hydrogens is 472 g/mol. The van der Waals surface area contributed by atoms with Gasteiger partial charge in [-0.2, -0.15) is 13.9 Å². The number of aromatic nitrogens is 3. The second-order valence-corrected chi connectivity index (χ2v) is 8.18. The van der Waals surface area contributed by atoms with Crippen LogP contribution >= 0.6 is 11.8 Å². The normalized spacial score (nSPS) is 11.5. The number of hydrogen-bond acceptors (Lipinski definition) is 6. The van der Waals surface area contributed by atoms with Crippen LogP contribution in [0.15, 0.2) is 95.2 Å². The number of carbonyl (C=O) groups excluding carboxylic acids is 1. The summed E-state index contributed by atoms with van der Waals surface area (Å²) in [6.45, 7) is -1.36. The number of carbonyl (C=O) groups is 1. The second kappa shape index (κ2) is 11.4. The Morgan fingerprint density at radius 2 is 1.66 bits per heavy atom. The molecule has 0 unspecified atom stereocenters. The molecule has 0 saturated carbocycles. The minimum absolute atomic E-state index is 0.0169. The number of alkyl halides is 2. The third-order valence-corrected chi connectivity index (χ3v) is 5.78. The van der Waals surface area contributed by atoms with Crippen LogP contribution in [0.1, 0.15) is 12.5 Å². The standard InChI is InChI=1S/C25H21F2N5O2S/c1-17(20-14-8-9-15-21(20)34-24(26)27)28-29-22(33)16-35-25-31-30-23(18-10-4-2-5-11-18)32(25)19-12-6-3-7-13-19/h2-15,24H,16H2,1H3,(H,29,33)/b28-17+. The zero-order chi connectivity index (χ0) is 24.6. The van der Waals surface area contributed by atoms with Gasteiger partial charge in [-0.3, -0.25) is 9.36 Å². The lowest BCUT2D eigenvalue weighted by Gasteiger charge is -2.11. The summed E-state index contributed by atoms with van der Waals surface area (Å²) in [6, 6.07) is 25.5. The molecule has 0 aliphatic carbocycles. The fraction of sp³-hybridized carbons (Fsp3) is 0.120. The van der Waals surface area contributed by atoms with Crippen LogP contribution in [0.3, 0.4) is 0 Å². The summed E-state index contributed by atoms with van der Waals surface area (Å²) < 4.78 is 31.7. The van der Waals surface area contributed by atoms with E-state index in [1.165, 1.54) is 17.8 Å². The molecule has 0 aliphatic heterocycles. The lowest BCUT2D eigenvalue weighted by molar-refractivity contribution is -0.118. The number of benzene rings is 3. The first-order valence-corrected chi connectivity index (χ1v) is 11.6. The van der Waals surface area contributed by atoms with Gasteiger partial charge in [-0.15, -0.1) is 10.2 Å². The molecule has 10 heteroatoms. The Balaban J connectivity index is 1.49. The molecule has 0 bridgehead atoms. The number of para-hydroxylation sites is 2. The summed E-state index contributed by atoms with van der Waals surface area (Å²) >= 11 is 1.21. The fourth-order valence-corrected chi connectivity index (χ4v) is 4.02. The zero-order valence-electron chi connectivity index (χ0n) is 18.6. The smallest absolute Gasteiger partial charge is 0.387 e. The van der Waals surface area contributed by atoms with Crippen LogP contribution in [0.25, 0.3) is 17.1 Å². The van der Waals surface area contributed by atoms with Gasteiger partial charge in [-0.1, -0.05) is 72.4 Å². The van der Waals surface area contributed by atoms with Crippen LogP contribution in [0.5, 0.6) is 5.75 Å². The maximum atomic E-state index is 12.7. The first kappa shape index (κ1) is 24.1. The number of hydrazone groups is 1. The quantitative estimate of drug-likeness (QED) is 0.198. The SMILES string of the molecule is C/C(=N\NC(=O)CSc1nnc(-c2ccccc2)n1-c1ccccc1)c1ccccc1OC(F)F. The number of amides is 1. The molecule has 178 valence electrons. The summed E-state index contributed by atoms with van der Waals surface area (Å²) in [5.74, 6) is 0.276. The topological polar surface area (TPSA) is 81.4 Å². The summed E-state index contributed by atoms with van der Waals surface area (Å²) in [5.41, 5.74) is 4.91. The molecule has 1 amide bonds. The summed E-state index contributed by atoms with van der Waals surface area (Å²) in [6.07, 6.45) is 0. The van der Waals surface area contributed by atoms with Gasteiger partial charge in [-0.05, 0) is 31.2 Å². The van der Waals surface area contributed by atoms with Crippen molar-refractivity contribution in [3.05, 3.63) is 90.5 Å². The Bertz CT molecular complexity index is 1310. The average Bonchev–Trinajstić information content (AvgIpc) is 3.31. The highest BCUT2D eigenvalue weighted by Gasteiger charge is 2.17. The molecule has 3 aromatic carbocycles. The van der Waals surface area contributed by atoms with E-state index in [1.807, 2.05) is 65.2 Å². The molecule has 4 rings (SSSR count). The highest BCUT2D eigenvalue weighted by Crippen LogP contribution is 2.27. The number of halogens is 2. The second-order valence-electron chi connectivity index (χ2n) is 7.24. The van der Waals surface area contributed by atoms with Gasteiger partial charge >= 0.3 is 6.61 Å². The summed E-state index contributed by atoms with van der Waals surface area (Å²) in [4.78, 5) is 12.5. The Morgan fingerprint density at radius 1 is 1.00 bits per heavy atom. The molecule has 0 fully saturated rings. The van der Waals surface area contributed by atoms with E-state index in [2.05, 4.69) is 25.5 Å². The molecule has 0 saturated heterocycles. The summed E-state index contributed by atoms with van der Waals surface area (Å²) in [5, 5.41) is 13.2. The van der Waals surface area contributed by atoms with Gasteiger partial charge in [0.25, 0.3) is 5.91 Å². The molecule has 0 aliphatic rings. The fourth-order valence-electron chi connectivity index (χ4n) is 3.28. The van der Waals surface area contributed by atoms with E-state index in [9.17, 15) is 13.6 Å². The van der Waals surface area contributed by atoms with E-state index < -0.39 is 6.61 Å². The first-order valence-electron chi connectivity index (χ1n) is 10.6. The van der Waals surface area contributed by atoms with Crippen molar-refractivity contribution in [2.24, 2.45) is 5.10 Å². The molecular formula is C25H21F2N5O2S. The first-order chi connectivity index (χ1) is 17.0. The Kier molecular flexibility index (Phi) is 7.84. The van der Waals surface area contributed by atoms with Crippen LogP contribution in [-0.4, -0.2) is 38.7 Å². The van der Waals surface area contributed by atoms with Crippen molar-refractivity contribution in [2.45, 2.75) is 18.7 Å². The van der Waals surface area contributed by atoms with Crippen LogP contribution < -0.4 is 10.2 Å². The maximum Gasteiger partial charge on any atom is 0.387 e. The number of hydrogen-bond donors (Lipinski definition) is 1. The van der Waals surface area contributed by atoms with Gasteiger partial charge in [0.2, 0.25) is 0 Å². The third-order valence-electron chi connectivity index (χ3n) is 4.85. The monoisotopic (exact) mass is 493 g/mol. The Labute approximate surface area is 204 Å². The van der Waals surface area contributed by atoms with E-state index in [0.717, 1.165) is 11.3 Å². The van der Waals surface area contributed by atoms with Gasteiger partial charge in [-0.25, -0.2) is 5.43 Å². The number of ether oxygens (including phenoxy) is 1. The number of rotatable bonds is 9. The molecule has 35 heavy (non-hydrogen) atoms. The predicted octanol–water partition coefficient (Wildman–Crippen LogP) is 5.17. The van der Waals surface area contributed by atoms with Crippen molar-refractivity contribution in [3.8, 4) is 22.8 Å². The zero-order valence-corrected chi connectivity index (χ0v) is 19.5. The van der Waals surface area contributed by atoms with Crippen molar-refractivity contribution >= 4 is 23.4 Å². The van der Waals surface area contributed by atoms with Gasteiger partial charge in [0, 0.05) is 16.8 Å². The molecule has 4 aromatic rings. The lowest BCUT2D eigenvalue weighted by atomic mass is 10.1. The van der Waals surface area contributed by atoms with E-state index >= 15 is 0 Å². The minimum atomic E-state index is -2.96. The van der Waals surface area contributed by atoms with Crippen molar-refractivity contribution in [3.63, 3.8) is 0 Å². The van der Waals surface area contributed by atoms with Gasteiger partial charge < -0.3 is 4.74 Å². The number of nitrogens with zero attached hydrogens (tertiary/aromatic N) is 4. The van der Waals surface area contributed by atoms with Gasteiger partial charge in [0.1, 0.15) is 5.75 Å². The lowest BCUT2D eigenvalue weighted by Crippen LogP contribution is -2.21. The van der Waals surface area contributed by atoms with E-state index in [1.54, 1.807) is 25.1 Å². The summed E-state index contributed by atoms with van der Waals surface area (Å²) in [7, 11) is 0. The van der Waals surface area contributed by atoms with E-state index in [4.69, 9.17) is 0 Å². The average molecular weight is 494 g/mol. The van der Waals surface area contributed by atoms with Crippen LogP contribution in [0, 0.1) is 0 Å². The molecule has 0 spiro atoms. The van der Waals surface area contributed by atoms with E-state index in [-0.39, 0.29) is 17.4 Å². The minimum Gasteiger partial charge on any atom is -0.434 e. The number of nitrogens with one attached hydrogen (secondary N) is 1. The van der Waals surface area contributed by atoms with Crippen molar-refractivity contribution < 1.29 is 18.3 Å². The van der Waals surface area contributed by atoms with Crippen LogP contribution in [-0.2, 0) is 4.79 Å².